The highest BCUT2D eigenvalue weighted by Crippen LogP contribution is 2.30. The van der Waals surface area contributed by atoms with Crippen LogP contribution in [-0.2, 0) is 4.74 Å². The molecule has 0 radical (unpaired) electrons. The number of aliphatic hydroxyl groups excluding tert-OH is 1. The van der Waals surface area contributed by atoms with E-state index in [2.05, 4.69) is 21.9 Å². The highest BCUT2D eigenvalue weighted by molar-refractivity contribution is 5.81. The van der Waals surface area contributed by atoms with E-state index in [1.54, 1.807) is 6.33 Å². The fraction of sp³-hybridized carbons (Fsp3) is 0.583. The minimum absolute atomic E-state index is 0. The molecule has 3 rings (SSSR count). The van der Waals surface area contributed by atoms with E-state index in [1.165, 1.54) is 6.33 Å². The number of ether oxygens (including phenoxy) is 1. The molecule has 0 spiro atoms. The molecular formula is C12H21N5O2. The molecule has 3 N–H and O–H groups in total. The second-order valence-corrected chi connectivity index (χ2v) is 4.06. The number of anilines is 1. The molecule has 1 saturated heterocycles. The number of imidazole rings is 1. The summed E-state index contributed by atoms with van der Waals surface area (Å²) >= 11 is 0. The Hall–Kier alpha value is -1.73. The summed E-state index contributed by atoms with van der Waals surface area (Å²) in [6.07, 6.45) is 5.53. The summed E-state index contributed by atoms with van der Waals surface area (Å²) in [4.78, 5) is 12.3. The van der Waals surface area contributed by atoms with E-state index in [0.717, 1.165) is 25.6 Å². The van der Waals surface area contributed by atoms with Crippen molar-refractivity contribution >= 4 is 17.0 Å². The van der Waals surface area contributed by atoms with Crippen LogP contribution in [0.15, 0.2) is 12.7 Å². The van der Waals surface area contributed by atoms with Crippen LogP contribution in [0.5, 0.6) is 0 Å². The normalized spacial score (nSPS) is 21.6. The van der Waals surface area contributed by atoms with Gasteiger partial charge in [0.15, 0.2) is 11.5 Å². The standard InChI is InChI=1S/C10H13N5O.CH4O.CH4/c1-6-2-3-7(16-6)15-5-14-8-9(11)12-4-13-10(8)15;1-2;/h4-7H,2-3H2,1H3,(H2,11,12,13);2H,1H3;1H4. The number of aliphatic hydroxyl groups is 1. The van der Waals surface area contributed by atoms with E-state index in [4.69, 9.17) is 15.6 Å². The summed E-state index contributed by atoms with van der Waals surface area (Å²) in [5.41, 5.74) is 7.11. The van der Waals surface area contributed by atoms with Gasteiger partial charge in [-0.1, -0.05) is 7.43 Å². The third kappa shape index (κ3) is 2.82. The van der Waals surface area contributed by atoms with Crippen LogP contribution in [0.25, 0.3) is 11.2 Å². The van der Waals surface area contributed by atoms with Crippen molar-refractivity contribution < 1.29 is 9.84 Å². The summed E-state index contributed by atoms with van der Waals surface area (Å²) in [6, 6.07) is 0. The largest absolute Gasteiger partial charge is 0.400 e. The lowest BCUT2D eigenvalue weighted by atomic mass is 10.2. The average molecular weight is 267 g/mol. The van der Waals surface area contributed by atoms with Crippen LogP contribution in [0, 0.1) is 0 Å². The lowest BCUT2D eigenvalue weighted by Gasteiger charge is -2.12. The molecule has 0 amide bonds. The van der Waals surface area contributed by atoms with Crippen molar-refractivity contribution in [3.63, 3.8) is 0 Å². The number of nitrogens with zero attached hydrogens (tertiary/aromatic N) is 4. The number of nitrogen functional groups attached to an aromatic ring is 1. The van der Waals surface area contributed by atoms with Crippen molar-refractivity contribution in [2.24, 2.45) is 0 Å². The molecule has 3 heterocycles. The van der Waals surface area contributed by atoms with Gasteiger partial charge >= 0.3 is 0 Å². The monoisotopic (exact) mass is 267 g/mol. The van der Waals surface area contributed by atoms with E-state index < -0.39 is 0 Å². The van der Waals surface area contributed by atoms with Gasteiger partial charge in [0.05, 0.1) is 12.4 Å². The summed E-state index contributed by atoms with van der Waals surface area (Å²) in [5.74, 6) is 0.412. The first kappa shape index (κ1) is 15.3. The maximum atomic E-state index is 7.00. The Balaban J connectivity index is 0.000000576. The Labute approximate surface area is 112 Å². The second-order valence-electron chi connectivity index (χ2n) is 4.06. The predicted molar refractivity (Wildman–Crippen MR) is 73.4 cm³/mol. The smallest absolute Gasteiger partial charge is 0.167 e. The zero-order valence-electron chi connectivity index (χ0n) is 10.4. The van der Waals surface area contributed by atoms with Gasteiger partial charge in [-0.15, -0.1) is 0 Å². The van der Waals surface area contributed by atoms with E-state index >= 15 is 0 Å². The molecular weight excluding hydrogens is 246 g/mol. The molecule has 0 aromatic carbocycles. The van der Waals surface area contributed by atoms with Crippen molar-refractivity contribution in [1.29, 1.82) is 0 Å². The maximum Gasteiger partial charge on any atom is 0.167 e. The van der Waals surface area contributed by atoms with Gasteiger partial charge in [0, 0.05) is 7.11 Å². The Kier molecular flexibility index (Phi) is 5.20. The Bertz CT molecular complexity index is 528. The number of fused-ring (bicyclic) bond motifs is 1. The summed E-state index contributed by atoms with van der Waals surface area (Å²) in [6.45, 7) is 2.07. The maximum absolute atomic E-state index is 7.00. The van der Waals surface area contributed by atoms with Gasteiger partial charge in [-0.05, 0) is 19.8 Å². The Morgan fingerprint density at radius 3 is 2.68 bits per heavy atom. The molecule has 2 aromatic heterocycles. The molecule has 7 nitrogen and oxygen atoms in total. The number of aromatic nitrogens is 4. The zero-order chi connectivity index (χ0) is 13.1. The van der Waals surface area contributed by atoms with Crippen molar-refractivity contribution in [2.75, 3.05) is 12.8 Å². The highest BCUT2D eigenvalue weighted by atomic mass is 16.5. The van der Waals surface area contributed by atoms with Gasteiger partial charge in [-0.3, -0.25) is 4.57 Å². The minimum Gasteiger partial charge on any atom is -0.400 e. The molecule has 1 fully saturated rings. The second kappa shape index (κ2) is 6.44. The van der Waals surface area contributed by atoms with Crippen molar-refractivity contribution in [2.45, 2.75) is 39.5 Å². The van der Waals surface area contributed by atoms with Gasteiger partial charge in [-0.2, -0.15) is 0 Å². The third-order valence-corrected chi connectivity index (χ3v) is 2.91. The Morgan fingerprint density at radius 1 is 1.32 bits per heavy atom. The van der Waals surface area contributed by atoms with Crippen LogP contribution in [0.1, 0.15) is 33.4 Å². The van der Waals surface area contributed by atoms with Gasteiger partial charge in [0.25, 0.3) is 0 Å². The van der Waals surface area contributed by atoms with Crippen molar-refractivity contribution in [3.8, 4) is 0 Å². The summed E-state index contributed by atoms with van der Waals surface area (Å²) < 4.78 is 7.70. The van der Waals surface area contributed by atoms with Gasteiger partial charge in [-0.25, -0.2) is 15.0 Å². The number of hydrogen-bond acceptors (Lipinski definition) is 6. The number of nitrogens with two attached hydrogens (primary N) is 1. The molecule has 0 aliphatic carbocycles. The quantitative estimate of drug-likeness (QED) is 0.809. The van der Waals surface area contributed by atoms with Crippen LogP contribution in [0.3, 0.4) is 0 Å². The highest BCUT2D eigenvalue weighted by Gasteiger charge is 2.25. The molecule has 1 aliphatic rings. The molecule has 7 heteroatoms. The van der Waals surface area contributed by atoms with Crippen LogP contribution in [-0.4, -0.2) is 37.8 Å². The number of rotatable bonds is 1. The summed E-state index contributed by atoms with van der Waals surface area (Å²) in [5, 5.41) is 7.00. The number of hydrogen-bond donors (Lipinski definition) is 2. The molecule has 2 aromatic rings. The zero-order valence-corrected chi connectivity index (χ0v) is 10.4. The molecule has 1 aliphatic heterocycles. The third-order valence-electron chi connectivity index (χ3n) is 2.91. The fourth-order valence-corrected chi connectivity index (χ4v) is 2.07. The first-order chi connectivity index (χ1) is 8.75. The van der Waals surface area contributed by atoms with Gasteiger partial charge < -0.3 is 15.6 Å². The van der Waals surface area contributed by atoms with E-state index in [-0.39, 0.29) is 13.7 Å². The molecule has 2 unspecified atom stereocenters. The van der Waals surface area contributed by atoms with E-state index in [9.17, 15) is 0 Å². The lowest BCUT2D eigenvalue weighted by molar-refractivity contribution is 0.0131. The van der Waals surface area contributed by atoms with Crippen LogP contribution in [0.4, 0.5) is 5.82 Å². The first-order valence-corrected chi connectivity index (χ1v) is 5.79. The lowest BCUT2D eigenvalue weighted by Crippen LogP contribution is -2.09. The predicted octanol–water partition coefficient (Wildman–Crippen LogP) is 1.35. The molecule has 0 saturated carbocycles. The van der Waals surface area contributed by atoms with Crippen LogP contribution >= 0.6 is 0 Å². The Morgan fingerprint density at radius 2 is 2.05 bits per heavy atom. The minimum atomic E-state index is 0. The molecule has 2 atom stereocenters. The van der Waals surface area contributed by atoms with Crippen LogP contribution < -0.4 is 5.73 Å². The fourth-order valence-electron chi connectivity index (χ4n) is 2.07. The molecule has 106 valence electrons. The van der Waals surface area contributed by atoms with Gasteiger partial charge in [0.1, 0.15) is 18.1 Å². The molecule has 0 bridgehead atoms. The van der Waals surface area contributed by atoms with Crippen LogP contribution in [0.2, 0.25) is 0 Å². The first-order valence-electron chi connectivity index (χ1n) is 5.79. The summed E-state index contributed by atoms with van der Waals surface area (Å²) in [7, 11) is 1.00. The van der Waals surface area contributed by atoms with Crippen molar-refractivity contribution in [1.82, 2.24) is 19.5 Å². The average Bonchev–Trinajstić information content (AvgIpc) is 2.98. The van der Waals surface area contributed by atoms with Crippen molar-refractivity contribution in [3.05, 3.63) is 12.7 Å². The van der Waals surface area contributed by atoms with E-state index in [0.29, 0.717) is 17.4 Å². The SMILES string of the molecule is C.CC1CCC(n2cnc3c(N)ncnc32)O1.CO. The topological polar surface area (TPSA) is 99.1 Å². The van der Waals surface area contributed by atoms with E-state index in [1.807, 2.05) is 4.57 Å². The molecule has 19 heavy (non-hydrogen) atoms. The van der Waals surface area contributed by atoms with Gasteiger partial charge in [0.2, 0.25) is 0 Å².